The molecule has 3 aliphatic rings. The fourth-order valence-electron chi connectivity index (χ4n) is 7.94. The third-order valence-corrected chi connectivity index (χ3v) is 11.3. The monoisotopic (exact) mass is 769 g/mol. The van der Waals surface area contributed by atoms with Crippen LogP contribution >= 0.6 is 0 Å². The van der Waals surface area contributed by atoms with Gasteiger partial charge in [-0.15, -0.1) is 0 Å². The van der Waals surface area contributed by atoms with Gasteiger partial charge in [0.25, 0.3) is 5.91 Å². The minimum atomic E-state index is -1.45. The van der Waals surface area contributed by atoms with E-state index in [1.165, 1.54) is 37.0 Å². The van der Waals surface area contributed by atoms with Gasteiger partial charge in [0.15, 0.2) is 12.1 Å². The lowest BCUT2D eigenvalue weighted by atomic mass is 9.89. The first-order chi connectivity index (χ1) is 25.8. The Kier molecular flexibility index (Phi) is 21.2. The van der Waals surface area contributed by atoms with Crippen molar-refractivity contribution in [3.63, 3.8) is 0 Å². The van der Waals surface area contributed by atoms with Crippen molar-refractivity contribution in [3.8, 4) is 0 Å². The topological polar surface area (TPSA) is 218 Å². The van der Waals surface area contributed by atoms with Crippen LogP contribution in [-0.4, -0.2) is 132 Å². The molecule has 11 atom stereocenters. The minimum absolute atomic E-state index is 0.0740. The fourth-order valence-corrected chi connectivity index (χ4v) is 7.94. The Balaban J connectivity index is 1.09. The van der Waals surface area contributed by atoms with Crippen LogP contribution in [0, 0.1) is 11.8 Å². The molecule has 4 unspecified atom stereocenters. The number of hydrogen-bond acceptors (Lipinski definition) is 12. The molecule has 3 saturated heterocycles. The highest BCUT2D eigenvalue weighted by molar-refractivity contribution is 6.27. The summed E-state index contributed by atoms with van der Waals surface area (Å²) in [6.45, 7) is 3.97. The van der Waals surface area contributed by atoms with Gasteiger partial charge < -0.3 is 55.2 Å². The van der Waals surface area contributed by atoms with Crippen LogP contribution in [-0.2, 0) is 19.1 Å². The zero-order chi connectivity index (χ0) is 39.6. The van der Waals surface area contributed by atoms with Crippen molar-refractivity contribution in [1.29, 1.82) is 0 Å². The van der Waals surface area contributed by atoms with Crippen LogP contribution in [0.3, 0.4) is 0 Å². The number of allylic oxidation sites excluding steroid dienone is 2. The van der Waals surface area contributed by atoms with Crippen LogP contribution in [0.2, 0.25) is 0 Å². The van der Waals surface area contributed by atoms with Gasteiger partial charge in [-0.3, -0.25) is 9.59 Å². The molecule has 54 heavy (non-hydrogen) atoms. The fraction of sp³-hybridized carbons (Fsp3) is 0.854. The highest BCUT2D eigenvalue weighted by Gasteiger charge is 2.50. The average molecular weight is 770 g/mol. The summed E-state index contributed by atoms with van der Waals surface area (Å²) in [5.74, 6) is -0.769. The van der Waals surface area contributed by atoms with E-state index >= 15 is 0 Å². The number of amides is 1. The van der Waals surface area contributed by atoms with Crippen LogP contribution in [0.4, 0.5) is 0 Å². The summed E-state index contributed by atoms with van der Waals surface area (Å²) in [4.78, 5) is 26.8. The molecule has 0 aromatic carbocycles. The standard InChI is InChI=1S/C41H71NO12/c1-27(23-28(2)35(47)34-36(48)32-24-31(46)25-42(32)40(34)52)17-12-9-7-5-3-4-6-8-10-13-18-29(44)20-16-21-30(45)19-14-11-15-22-53-41-39(51)38(50)37(49)33(26-43)54-41/h10,13,27-33,37-39,41,43-47,49-51H,3-9,11-12,14-26H2,1-2H3/t27?,28?,29?,30?,31-,32+,33-,37-,38+,39+,41-/m1/s1. The van der Waals surface area contributed by atoms with Crippen molar-refractivity contribution in [2.75, 3.05) is 19.8 Å². The Morgan fingerprint density at radius 1 is 0.815 bits per heavy atom. The van der Waals surface area contributed by atoms with Crippen LogP contribution in [0.25, 0.3) is 0 Å². The lowest BCUT2D eigenvalue weighted by Crippen LogP contribution is -2.59. The lowest BCUT2D eigenvalue weighted by molar-refractivity contribution is -0.301. The number of carbonyl (C=O) groups excluding carboxylic acids is 2. The van der Waals surface area contributed by atoms with Gasteiger partial charge in [-0.1, -0.05) is 83.8 Å². The number of ether oxygens (including phenoxy) is 2. The van der Waals surface area contributed by atoms with E-state index in [4.69, 9.17) is 9.47 Å². The van der Waals surface area contributed by atoms with Crippen molar-refractivity contribution in [2.24, 2.45) is 11.8 Å². The van der Waals surface area contributed by atoms with Gasteiger partial charge in [0.05, 0.1) is 31.0 Å². The Morgan fingerprint density at radius 2 is 1.44 bits per heavy atom. The third-order valence-electron chi connectivity index (χ3n) is 11.3. The predicted molar refractivity (Wildman–Crippen MR) is 203 cm³/mol. The number of aliphatic hydroxyl groups excluding tert-OH is 8. The molecule has 0 aromatic heterocycles. The molecular weight excluding hydrogens is 698 g/mol. The van der Waals surface area contributed by atoms with E-state index in [0.29, 0.717) is 38.0 Å². The first kappa shape index (κ1) is 46.4. The molecule has 0 spiro atoms. The van der Waals surface area contributed by atoms with Crippen LogP contribution in [0.1, 0.15) is 136 Å². The zero-order valence-corrected chi connectivity index (χ0v) is 32.7. The quantitative estimate of drug-likeness (QED) is 0.0197. The predicted octanol–water partition coefficient (Wildman–Crippen LogP) is 3.73. The summed E-state index contributed by atoms with van der Waals surface area (Å²) < 4.78 is 10.8. The number of Topliss-reactive ketones (excluding diaryl/α,β-unsaturated/α-hetero) is 1. The molecule has 312 valence electrons. The number of unbranched alkanes of at least 4 members (excludes halogenated alkanes) is 9. The van der Waals surface area contributed by atoms with E-state index in [1.807, 2.05) is 6.92 Å². The molecule has 3 heterocycles. The molecule has 3 rings (SSSR count). The Hall–Kier alpha value is -1.94. The molecule has 0 saturated carbocycles. The van der Waals surface area contributed by atoms with Crippen molar-refractivity contribution < 1.29 is 59.9 Å². The number of carbonyl (C=O) groups is 2. The van der Waals surface area contributed by atoms with Gasteiger partial charge in [-0.25, -0.2) is 0 Å². The molecule has 0 bridgehead atoms. The van der Waals surface area contributed by atoms with Crippen molar-refractivity contribution in [1.82, 2.24) is 4.90 Å². The third kappa shape index (κ3) is 14.9. The number of ketones is 1. The first-order valence-electron chi connectivity index (χ1n) is 20.7. The van der Waals surface area contributed by atoms with E-state index in [9.17, 15) is 50.4 Å². The smallest absolute Gasteiger partial charge is 0.261 e. The molecule has 13 heteroatoms. The maximum absolute atomic E-state index is 12.7. The minimum Gasteiger partial charge on any atom is -0.511 e. The highest BCUT2D eigenvalue weighted by atomic mass is 16.7. The Morgan fingerprint density at radius 3 is 2.15 bits per heavy atom. The molecule has 3 fully saturated rings. The first-order valence-corrected chi connectivity index (χ1v) is 20.7. The molecule has 3 aliphatic heterocycles. The number of fused-ring (bicyclic) bond motifs is 1. The van der Waals surface area contributed by atoms with E-state index in [2.05, 4.69) is 19.1 Å². The number of nitrogens with zero attached hydrogens (tertiary/aromatic N) is 1. The molecule has 13 nitrogen and oxygen atoms in total. The Labute approximate surface area is 322 Å². The second kappa shape index (κ2) is 24.6. The van der Waals surface area contributed by atoms with Gasteiger partial charge in [0.2, 0.25) is 0 Å². The molecule has 8 N–H and O–H groups in total. The molecular formula is C41H71NO12. The summed E-state index contributed by atoms with van der Waals surface area (Å²) in [6, 6.07) is -0.625. The number of hydrogen-bond donors (Lipinski definition) is 8. The van der Waals surface area contributed by atoms with Crippen LogP contribution in [0.15, 0.2) is 23.5 Å². The summed E-state index contributed by atoms with van der Waals surface area (Å²) in [6.07, 6.45) is 13.2. The second-order valence-corrected chi connectivity index (χ2v) is 16.1. The molecule has 0 radical (unpaired) electrons. The summed E-state index contributed by atoms with van der Waals surface area (Å²) in [5, 5.41) is 80.0. The lowest BCUT2D eigenvalue weighted by Gasteiger charge is -2.39. The van der Waals surface area contributed by atoms with Crippen LogP contribution in [0.5, 0.6) is 0 Å². The molecule has 0 aromatic rings. The molecule has 0 aliphatic carbocycles. The van der Waals surface area contributed by atoms with Gasteiger partial charge >= 0.3 is 0 Å². The van der Waals surface area contributed by atoms with Gasteiger partial charge in [0, 0.05) is 25.5 Å². The maximum atomic E-state index is 12.7. The van der Waals surface area contributed by atoms with Crippen molar-refractivity contribution in [3.05, 3.63) is 23.5 Å². The van der Waals surface area contributed by atoms with Gasteiger partial charge in [-0.05, 0) is 63.7 Å². The maximum Gasteiger partial charge on any atom is 0.261 e. The van der Waals surface area contributed by atoms with Crippen molar-refractivity contribution in [2.45, 2.75) is 191 Å². The van der Waals surface area contributed by atoms with E-state index in [1.54, 1.807) is 0 Å². The zero-order valence-electron chi connectivity index (χ0n) is 32.7. The number of aliphatic hydroxyl groups is 8. The van der Waals surface area contributed by atoms with E-state index < -0.39 is 67.6 Å². The van der Waals surface area contributed by atoms with Gasteiger partial charge in [-0.2, -0.15) is 0 Å². The largest absolute Gasteiger partial charge is 0.511 e. The summed E-state index contributed by atoms with van der Waals surface area (Å²) in [7, 11) is 0. The van der Waals surface area contributed by atoms with E-state index in [0.717, 1.165) is 51.4 Å². The molecule has 1 amide bonds. The average Bonchev–Trinajstić information content (AvgIpc) is 3.64. The normalized spacial score (nSPS) is 29.2. The van der Waals surface area contributed by atoms with E-state index in [-0.39, 0.29) is 42.6 Å². The highest BCUT2D eigenvalue weighted by Crippen LogP contribution is 2.34. The summed E-state index contributed by atoms with van der Waals surface area (Å²) in [5.41, 5.74) is -0.0740. The second-order valence-electron chi connectivity index (χ2n) is 16.1. The SMILES string of the molecule is CC(CCCCCCCCCC=CCC(O)CCCC(O)CCCCCO[C@@H]1O[C@H](CO)[C@@H](O)[C@H](O)[C@@H]1O)CC(C)C(O)=C1C(=O)[C@@H]2C[C@@H](O)CN2C1=O. The Bertz CT molecular complexity index is 1140. The van der Waals surface area contributed by atoms with Crippen LogP contribution < -0.4 is 0 Å². The summed E-state index contributed by atoms with van der Waals surface area (Å²) >= 11 is 0. The number of rotatable bonds is 27. The van der Waals surface area contributed by atoms with Crippen molar-refractivity contribution >= 4 is 11.7 Å². The van der Waals surface area contributed by atoms with Gasteiger partial charge in [0.1, 0.15) is 35.7 Å².